The van der Waals surface area contributed by atoms with Gasteiger partial charge in [-0.05, 0) is 40.7 Å². The first-order chi connectivity index (χ1) is 11.0. The Bertz CT molecular complexity index is 578. The second kappa shape index (κ2) is 8.68. The van der Waals surface area contributed by atoms with Gasteiger partial charge in [0.15, 0.2) is 0 Å². The van der Waals surface area contributed by atoms with Crippen molar-refractivity contribution >= 4 is 15.9 Å². The van der Waals surface area contributed by atoms with Crippen LogP contribution in [0.2, 0.25) is 0 Å². The molecule has 0 N–H and O–H groups in total. The Hall–Kier alpha value is -1.08. The molecular weight excluding hydrogens is 344 g/mol. The van der Waals surface area contributed by atoms with Crippen LogP contribution in [0.1, 0.15) is 64.9 Å². The third kappa shape index (κ3) is 5.49. The fourth-order valence-corrected chi connectivity index (χ4v) is 3.34. The van der Waals surface area contributed by atoms with Gasteiger partial charge in [-0.25, -0.2) is 0 Å². The highest BCUT2D eigenvalue weighted by Gasteiger charge is 2.19. The summed E-state index contributed by atoms with van der Waals surface area (Å²) in [6.07, 6.45) is 8.06. The number of unbranched alkanes of at least 4 members (excludes halogenated alkanes) is 4. The van der Waals surface area contributed by atoms with Crippen LogP contribution in [-0.2, 0) is 5.41 Å². The summed E-state index contributed by atoms with van der Waals surface area (Å²) in [5.41, 5.74) is 4.29. The first-order valence-electron chi connectivity index (χ1n) is 8.89. The predicted octanol–water partition coefficient (Wildman–Crippen LogP) is 7.75. The van der Waals surface area contributed by atoms with Gasteiger partial charge < -0.3 is 0 Å². The number of hydrogen-bond donors (Lipinski definition) is 0. The Kier molecular flexibility index (Phi) is 6.89. The van der Waals surface area contributed by atoms with Crippen LogP contribution in [-0.4, -0.2) is 0 Å². The van der Waals surface area contributed by atoms with E-state index in [1.54, 1.807) is 0 Å². The van der Waals surface area contributed by atoms with Crippen LogP contribution < -0.4 is 0 Å². The molecule has 2 aromatic carbocycles. The van der Waals surface area contributed by atoms with Crippen LogP contribution >= 0.6 is 15.9 Å². The van der Waals surface area contributed by atoms with Crippen LogP contribution in [0.4, 0.5) is 0 Å². The van der Waals surface area contributed by atoms with E-state index in [4.69, 9.17) is 0 Å². The van der Waals surface area contributed by atoms with E-state index in [0.29, 0.717) is 0 Å². The molecule has 0 aliphatic carbocycles. The lowest BCUT2D eigenvalue weighted by Gasteiger charge is -2.25. The first-order valence-corrected chi connectivity index (χ1v) is 9.69. The van der Waals surface area contributed by atoms with Gasteiger partial charge >= 0.3 is 0 Å². The summed E-state index contributed by atoms with van der Waals surface area (Å²) in [7, 11) is 0. The van der Waals surface area contributed by atoms with Crippen LogP contribution in [0.5, 0.6) is 0 Å². The summed E-state index contributed by atoms with van der Waals surface area (Å²) in [4.78, 5) is 0. The maximum atomic E-state index is 3.50. The molecule has 23 heavy (non-hydrogen) atoms. The summed E-state index contributed by atoms with van der Waals surface area (Å²) in [5.74, 6) is 0. The van der Waals surface area contributed by atoms with Gasteiger partial charge in [-0.1, -0.05) is 105 Å². The number of hydrogen-bond acceptors (Lipinski definition) is 0. The lowest BCUT2D eigenvalue weighted by molar-refractivity contribution is 0.444. The van der Waals surface area contributed by atoms with Crippen molar-refractivity contribution in [1.82, 2.24) is 0 Å². The molecule has 0 saturated heterocycles. The molecular formula is C22H29Br. The molecule has 0 aromatic heterocycles. The van der Waals surface area contributed by atoms with Gasteiger partial charge in [0.1, 0.15) is 0 Å². The fraction of sp³-hybridized carbons (Fsp3) is 0.455. The molecule has 0 aliphatic rings. The molecule has 0 spiro atoms. The van der Waals surface area contributed by atoms with Gasteiger partial charge in [0.2, 0.25) is 0 Å². The lowest BCUT2D eigenvalue weighted by Crippen LogP contribution is -2.16. The Morgan fingerprint density at radius 1 is 0.739 bits per heavy atom. The van der Waals surface area contributed by atoms with Crippen molar-refractivity contribution in [2.24, 2.45) is 0 Å². The van der Waals surface area contributed by atoms with E-state index in [1.165, 1.54) is 55.2 Å². The predicted molar refractivity (Wildman–Crippen MR) is 106 cm³/mol. The summed E-state index contributed by atoms with van der Waals surface area (Å²) in [6, 6.07) is 17.7. The third-order valence-corrected chi connectivity index (χ3v) is 5.28. The normalized spacial score (nSPS) is 11.7. The molecule has 0 heterocycles. The van der Waals surface area contributed by atoms with E-state index in [-0.39, 0.29) is 5.41 Å². The SMILES string of the molecule is CCCCCCCC(C)(C)c1ccc(-c2ccc(Br)cc2)cc1. The highest BCUT2D eigenvalue weighted by atomic mass is 79.9. The van der Waals surface area contributed by atoms with Crippen molar-refractivity contribution in [3.63, 3.8) is 0 Å². The van der Waals surface area contributed by atoms with Crippen LogP contribution in [0.3, 0.4) is 0 Å². The zero-order valence-electron chi connectivity index (χ0n) is 14.7. The Morgan fingerprint density at radius 2 is 1.26 bits per heavy atom. The molecule has 0 fully saturated rings. The zero-order chi connectivity index (χ0) is 16.7. The largest absolute Gasteiger partial charge is 0.0654 e. The molecule has 2 rings (SSSR count). The summed E-state index contributed by atoms with van der Waals surface area (Å²) in [5, 5.41) is 0. The number of benzene rings is 2. The van der Waals surface area contributed by atoms with Crippen molar-refractivity contribution in [2.45, 2.75) is 64.7 Å². The average Bonchev–Trinajstić information content (AvgIpc) is 2.55. The van der Waals surface area contributed by atoms with Crippen molar-refractivity contribution in [3.05, 3.63) is 58.6 Å². The van der Waals surface area contributed by atoms with E-state index >= 15 is 0 Å². The standard InChI is InChI=1S/C22H29Br/c1-4-5-6-7-8-17-22(2,3)20-13-9-18(10-14-20)19-11-15-21(23)16-12-19/h9-16H,4-8,17H2,1-3H3. The van der Waals surface area contributed by atoms with E-state index in [1.807, 2.05) is 0 Å². The second-order valence-electron chi connectivity index (χ2n) is 7.13. The van der Waals surface area contributed by atoms with Gasteiger partial charge in [0, 0.05) is 4.47 Å². The molecule has 0 aliphatic heterocycles. The van der Waals surface area contributed by atoms with Crippen molar-refractivity contribution in [3.8, 4) is 11.1 Å². The van der Waals surface area contributed by atoms with E-state index in [2.05, 4.69) is 85.2 Å². The lowest BCUT2D eigenvalue weighted by atomic mass is 9.79. The van der Waals surface area contributed by atoms with Gasteiger partial charge in [-0.3, -0.25) is 0 Å². The monoisotopic (exact) mass is 372 g/mol. The van der Waals surface area contributed by atoms with Crippen LogP contribution in [0.25, 0.3) is 11.1 Å². The Balaban J connectivity index is 1.98. The average molecular weight is 373 g/mol. The van der Waals surface area contributed by atoms with Crippen LogP contribution in [0, 0.1) is 0 Å². The summed E-state index contributed by atoms with van der Waals surface area (Å²) >= 11 is 3.50. The summed E-state index contributed by atoms with van der Waals surface area (Å²) < 4.78 is 1.13. The fourth-order valence-electron chi connectivity index (χ4n) is 3.07. The molecule has 2 aromatic rings. The highest BCUT2D eigenvalue weighted by molar-refractivity contribution is 9.10. The third-order valence-electron chi connectivity index (χ3n) is 4.75. The van der Waals surface area contributed by atoms with E-state index in [9.17, 15) is 0 Å². The maximum Gasteiger partial charge on any atom is 0.0175 e. The molecule has 0 amide bonds. The molecule has 1 heteroatoms. The smallest absolute Gasteiger partial charge is 0.0175 e. The summed E-state index contributed by atoms with van der Waals surface area (Å²) in [6.45, 7) is 7.03. The highest BCUT2D eigenvalue weighted by Crippen LogP contribution is 2.31. The molecule has 0 unspecified atom stereocenters. The van der Waals surface area contributed by atoms with Gasteiger partial charge in [0.25, 0.3) is 0 Å². The molecule has 0 bridgehead atoms. The molecule has 124 valence electrons. The van der Waals surface area contributed by atoms with E-state index in [0.717, 1.165) is 4.47 Å². The van der Waals surface area contributed by atoms with Crippen LogP contribution in [0.15, 0.2) is 53.0 Å². The van der Waals surface area contributed by atoms with Gasteiger partial charge in [0.05, 0.1) is 0 Å². The van der Waals surface area contributed by atoms with Gasteiger partial charge in [-0.15, -0.1) is 0 Å². The first kappa shape index (κ1) is 18.3. The number of halogens is 1. The maximum absolute atomic E-state index is 3.50. The minimum Gasteiger partial charge on any atom is -0.0654 e. The molecule has 0 radical (unpaired) electrons. The minimum absolute atomic E-state index is 0.268. The van der Waals surface area contributed by atoms with Crippen molar-refractivity contribution < 1.29 is 0 Å². The Labute approximate surface area is 150 Å². The topological polar surface area (TPSA) is 0 Å². The molecule has 0 saturated carbocycles. The second-order valence-corrected chi connectivity index (χ2v) is 8.05. The Morgan fingerprint density at radius 3 is 1.83 bits per heavy atom. The van der Waals surface area contributed by atoms with Crippen molar-refractivity contribution in [1.29, 1.82) is 0 Å². The molecule has 0 nitrogen and oxygen atoms in total. The number of rotatable bonds is 8. The van der Waals surface area contributed by atoms with Crippen molar-refractivity contribution in [2.75, 3.05) is 0 Å². The van der Waals surface area contributed by atoms with Gasteiger partial charge in [-0.2, -0.15) is 0 Å². The zero-order valence-corrected chi connectivity index (χ0v) is 16.3. The molecule has 0 atom stereocenters. The quantitative estimate of drug-likeness (QED) is 0.415. The van der Waals surface area contributed by atoms with E-state index < -0.39 is 0 Å². The minimum atomic E-state index is 0.268.